The summed E-state index contributed by atoms with van der Waals surface area (Å²) in [6.07, 6.45) is 2.09. The first-order valence-corrected chi connectivity index (χ1v) is 8.81. The monoisotopic (exact) mass is 358 g/mol. The molecule has 21 heavy (non-hydrogen) atoms. The van der Waals surface area contributed by atoms with E-state index in [1.165, 1.54) is 0 Å². The Morgan fingerprint density at radius 3 is 2.52 bits per heavy atom. The second-order valence-electron chi connectivity index (χ2n) is 5.39. The summed E-state index contributed by atoms with van der Waals surface area (Å²) in [5.74, 6) is 2.41. The van der Waals surface area contributed by atoms with Gasteiger partial charge in [0.25, 0.3) is 0 Å². The smallest absolute Gasteiger partial charge is 0.127 e. The lowest BCUT2D eigenvalue weighted by Gasteiger charge is -2.13. The van der Waals surface area contributed by atoms with Crippen molar-refractivity contribution < 1.29 is 14.2 Å². The van der Waals surface area contributed by atoms with Gasteiger partial charge in [-0.1, -0.05) is 42.8 Å². The quantitative estimate of drug-likeness (QED) is 0.419. The lowest BCUT2D eigenvalue weighted by atomic mass is 10.1. The lowest BCUT2D eigenvalue weighted by Crippen LogP contribution is -2.09. The molecule has 0 bridgehead atoms. The van der Waals surface area contributed by atoms with Gasteiger partial charge >= 0.3 is 0 Å². The zero-order chi connectivity index (χ0) is 15.5. The molecule has 0 radical (unpaired) electrons. The third-order valence-electron chi connectivity index (χ3n) is 2.98. The Hall–Kier alpha value is -0.740. The van der Waals surface area contributed by atoms with Gasteiger partial charge in [0.1, 0.15) is 18.1 Å². The number of benzene rings is 1. The molecular formula is C17H27BrO3. The van der Waals surface area contributed by atoms with E-state index in [4.69, 9.17) is 14.2 Å². The maximum atomic E-state index is 5.82. The Bertz CT molecular complexity index is 394. The van der Waals surface area contributed by atoms with Crippen LogP contribution in [0.15, 0.2) is 18.2 Å². The Morgan fingerprint density at radius 1 is 1.05 bits per heavy atom. The first-order chi connectivity index (χ1) is 10.2. The van der Waals surface area contributed by atoms with E-state index in [1.807, 2.05) is 18.2 Å². The van der Waals surface area contributed by atoms with Crippen LogP contribution in [0.5, 0.6) is 11.5 Å². The fourth-order valence-electron chi connectivity index (χ4n) is 1.72. The predicted molar refractivity (Wildman–Crippen MR) is 90.6 cm³/mol. The number of hydrogen-bond acceptors (Lipinski definition) is 3. The highest BCUT2D eigenvalue weighted by molar-refractivity contribution is 9.08. The zero-order valence-corrected chi connectivity index (χ0v) is 14.9. The second-order valence-corrected chi connectivity index (χ2v) is 5.96. The van der Waals surface area contributed by atoms with Crippen molar-refractivity contribution in [1.82, 2.24) is 0 Å². The third-order valence-corrected chi connectivity index (χ3v) is 3.58. The summed E-state index contributed by atoms with van der Waals surface area (Å²) in [5.41, 5.74) is 1.13. The highest BCUT2D eigenvalue weighted by Gasteiger charge is 2.05. The minimum atomic E-state index is 0.565. The fraction of sp³-hybridized carbons (Fsp3) is 0.647. The van der Waals surface area contributed by atoms with Gasteiger partial charge in [-0.25, -0.2) is 0 Å². The number of rotatable bonds is 11. The minimum Gasteiger partial charge on any atom is -0.493 e. The predicted octanol–water partition coefficient (Wildman–Crippen LogP) is 4.81. The van der Waals surface area contributed by atoms with Crippen LogP contribution in [0.2, 0.25) is 0 Å². The number of hydrogen-bond donors (Lipinski definition) is 0. The topological polar surface area (TPSA) is 27.7 Å². The molecule has 3 nitrogen and oxygen atoms in total. The van der Waals surface area contributed by atoms with Gasteiger partial charge in [0, 0.05) is 23.6 Å². The molecular weight excluding hydrogens is 332 g/mol. The first kappa shape index (κ1) is 18.3. The summed E-state index contributed by atoms with van der Waals surface area (Å²) >= 11 is 3.48. The highest BCUT2D eigenvalue weighted by atomic mass is 79.9. The molecule has 0 atom stereocenters. The molecule has 0 saturated carbocycles. The Labute approximate surface area is 137 Å². The molecule has 0 amide bonds. The molecule has 120 valence electrons. The van der Waals surface area contributed by atoms with Gasteiger partial charge in [0.15, 0.2) is 0 Å². The SMILES string of the molecule is CCCOc1ccc(CBr)c(OCCOCCC(C)C)c1. The molecule has 0 fully saturated rings. The van der Waals surface area contributed by atoms with E-state index >= 15 is 0 Å². The van der Waals surface area contributed by atoms with E-state index in [1.54, 1.807) is 0 Å². The van der Waals surface area contributed by atoms with Gasteiger partial charge < -0.3 is 14.2 Å². The van der Waals surface area contributed by atoms with Gasteiger partial charge in [0.05, 0.1) is 13.2 Å². The van der Waals surface area contributed by atoms with E-state index in [-0.39, 0.29) is 0 Å². The molecule has 0 aliphatic carbocycles. The lowest BCUT2D eigenvalue weighted by molar-refractivity contribution is 0.0922. The van der Waals surface area contributed by atoms with E-state index in [2.05, 4.69) is 36.7 Å². The van der Waals surface area contributed by atoms with Crippen molar-refractivity contribution in [3.63, 3.8) is 0 Å². The molecule has 0 aliphatic rings. The molecule has 0 spiro atoms. The summed E-state index contributed by atoms with van der Waals surface area (Å²) in [5, 5.41) is 0.768. The number of halogens is 1. The molecule has 4 heteroatoms. The minimum absolute atomic E-state index is 0.565. The normalized spacial score (nSPS) is 10.9. The fourth-order valence-corrected chi connectivity index (χ4v) is 2.18. The number of alkyl halides is 1. The van der Waals surface area contributed by atoms with Crippen molar-refractivity contribution in [1.29, 1.82) is 0 Å². The first-order valence-electron chi connectivity index (χ1n) is 7.69. The molecule has 0 unspecified atom stereocenters. The van der Waals surface area contributed by atoms with Crippen LogP contribution in [0.25, 0.3) is 0 Å². The summed E-state index contributed by atoms with van der Waals surface area (Å²) in [6.45, 7) is 9.20. The maximum Gasteiger partial charge on any atom is 0.127 e. The molecule has 1 rings (SSSR count). The van der Waals surface area contributed by atoms with Gasteiger partial charge in [-0.2, -0.15) is 0 Å². The maximum absolute atomic E-state index is 5.82. The van der Waals surface area contributed by atoms with E-state index < -0.39 is 0 Å². The van der Waals surface area contributed by atoms with Crippen molar-refractivity contribution >= 4 is 15.9 Å². The molecule has 1 aromatic rings. The third kappa shape index (κ3) is 7.72. The largest absolute Gasteiger partial charge is 0.493 e. The number of ether oxygens (including phenoxy) is 3. The molecule has 1 aromatic carbocycles. The average Bonchev–Trinajstić information content (AvgIpc) is 2.48. The van der Waals surface area contributed by atoms with Crippen molar-refractivity contribution in [2.24, 2.45) is 5.92 Å². The van der Waals surface area contributed by atoms with Gasteiger partial charge in [0.2, 0.25) is 0 Å². The summed E-state index contributed by atoms with van der Waals surface area (Å²) in [6, 6.07) is 5.98. The van der Waals surface area contributed by atoms with Crippen molar-refractivity contribution in [3.05, 3.63) is 23.8 Å². The standard InChI is InChI=1S/C17H27BrO3/c1-4-8-20-16-6-5-15(13-18)17(12-16)21-11-10-19-9-7-14(2)3/h5-6,12,14H,4,7-11,13H2,1-3H3. The van der Waals surface area contributed by atoms with E-state index in [0.717, 1.165) is 48.4 Å². The van der Waals surface area contributed by atoms with Crippen molar-refractivity contribution in [2.45, 2.75) is 38.9 Å². The second kappa shape index (κ2) is 10.9. The summed E-state index contributed by atoms with van der Waals surface area (Å²) in [4.78, 5) is 0. The Balaban J connectivity index is 2.40. The van der Waals surface area contributed by atoms with Gasteiger partial charge in [-0.3, -0.25) is 0 Å². The highest BCUT2D eigenvalue weighted by Crippen LogP contribution is 2.27. The molecule has 0 aliphatic heterocycles. The van der Waals surface area contributed by atoms with E-state index in [0.29, 0.717) is 19.1 Å². The van der Waals surface area contributed by atoms with E-state index in [9.17, 15) is 0 Å². The average molecular weight is 359 g/mol. The van der Waals surface area contributed by atoms with Crippen LogP contribution in [0.1, 0.15) is 39.2 Å². The molecule has 0 saturated heterocycles. The molecule has 0 aromatic heterocycles. The van der Waals surface area contributed by atoms with Crippen LogP contribution in [-0.4, -0.2) is 26.4 Å². The van der Waals surface area contributed by atoms with Gasteiger partial charge in [-0.15, -0.1) is 0 Å². The molecule has 0 N–H and O–H groups in total. The van der Waals surface area contributed by atoms with Gasteiger partial charge in [-0.05, 0) is 24.8 Å². The molecule has 0 heterocycles. The van der Waals surface area contributed by atoms with Crippen molar-refractivity contribution in [2.75, 3.05) is 26.4 Å². The van der Waals surface area contributed by atoms with Crippen molar-refractivity contribution in [3.8, 4) is 11.5 Å². The van der Waals surface area contributed by atoms with Crippen LogP contribution in [-0.2, 0) is 10.1 Å². The van der Waals surface area contributed by atoms with Crippen LogP contribution in [0, 0.1) is 5.92 Å². The van der Waals surface area contributed by atoms with Crippen LogP contribution >= 0.6 is 15.9 Å². The Morgan fingerprint density at radius 2 is 1.86 bits per heavy atom. The van der Waals surface area contributed by atoms with Crippen LogP contribution in [0.4, 0.5) is 0 Å². The van der Waals surface area contributed by atoms with Crippen LogP contribution in [0.3, 0.4) is 0 Å². The zero-order valence-electron chi connectivity index (χ0n) is 13.4. The summed E-state index contributed by atoms with van der Waals surface area (Å²) in [7, 11) is 0. The summed E-state index contributed by atoms with van der Waals surface area (Å²) < 4.78 is 17.0. The van der Waals surface area contributed by atoms with Crippen LogP contribution < -0.4 is 9.47 Å². The Kier molecular flexibility index (Phi) is 9.51.